The molecule has 2 saturated heterocycles. The zero-order valence-corrected chi connectivity index (χ0v) is 12.3. The van der Waals surface area contributed by atoms with E-state index in [1.165, 1.54) is 0 Å². The van der Waals surface area contributed by atoms with E-state index in [1.54, 1.807) is 0 Å². The average Bonchev–Trinajstić information content (AvgIpc) is 2.54. The van der Waals surface area contributed by atoms with Gasteiger partial charge in [0.15, 0.2) is 0 Å². The molecule has 2 aliphatic rings. The number of likely N-dealkylation sites (tertiary alicyclic amines) is 1. The molecule has 2 heterocycles. The molecule has 1 amide bonds. The summed E-state index contributed by atoms with van der Waals surface area (Å²) in [5.74, 6) is 0. The minimum Gasteiger partial charge on any atom is -0.444 e. The predicted molar refractivity (Wildman–Crippen MR) is 73.2 cm³/mol. The Morgan fingerprint density at radius 1 is 1.32 bits per heavy atom. The van der Waals surface area contributed by atoms with Crippen LogP contribution >= 0.6 is 0 Å². The maximum absolute atomic E-state index is 12.0. The van der Waals surface area contributed by atoms with Crippen LogP contribution in [0.4, 0.5) is 4.79 Å². The van der Waals surface area contributed by atoms with E-state index in [4.69, 9.17) is 9.47 Å². The van der Waals surface area contributed by atoms with Crippen LogP contribution in [-0.4, -0.2) is 55.0 Å². The van der Waals surface area contributed by atoms with E-state index >= 15 is 0 Å². The third kappa shape index (κ3) is 4.08. The van der Waals surface area contributed by atoms with Gasteiger partial charge in [0, 0.05) is 25.2 Å². The van der Waals surface area contributed by atoms with Crippen LogP contribution in [0, 0.1) is 0 Å². The first-order valence-electron chi connectivity index (χ1n) is 7.21. The Bertz CT molecular complexity index is 307. The molecule has 110 valence electrons. The standard InChI is InChI=1S/C14H26N2O3/c1-13(2,3)19-12(17)16-8-5-14(6-9-16)11-18-10-4-7-15-14/h15H,4-11H2,1-3H3. The molecule has 1 N–H and O–H groups in total. The van der Waals surface area contributed by atoms with Gasteiger partial charge in [-0.1, -0.05) is 0 Å². The maximum Gasteiger partial charge on any atom is 0.410 e. The quantitative estimate of drug-likeness (QED) is 0.729. The first-order chi connectivity index (χ1) is 8.90. The van der Waals surface area contributed by atoms with Crippen LogP contribution in [0.1, 0.15) is 40.0 Å². The van der Waals surface area contributed by atoms with Crippen molar-refractivity contribution < 1.29 is 14.3 Å². The molecule has 0 aliphatic carbocycles. The van der Waals surface area contributed by atoms with Crippen molar-refractivity contribution in [2.24, 2.45) is 0 Å². The van der Waals surface area contributed by atoms with E-state index in [2.05, 4.69) is 5.32 Å². The summed E-state index contributed by atoms with van der Waals surface area (Å²) in [5, 5.41) is 3.60. The Morgan fingerprint density at radius 3 is 2.63 bits per heavy atom. The van der Waals surface area contributed by atoms with Gasteiger partial charge in [-0.3, -0.25) is 0 Å². The minimum atomic E-state index is -0.421. The number of carbonyl (C=O) groups is 1. The van der Waals surface area contributed by atoms with E-state index in [1.807, 2.05) is 25.7 Å². The number of nitrogens with one attached hydrogen (secondary N) is 1. The molecular formula is C14H26N2O3. The van der Waals surface area contributed by atoms with Crippen LogP contribution in [0.2, 0.25) is 0 Å². The number of carbonyl (C=O) groups excluding carboxylic acids is 1. The van der Waals surface area contributed by atoms with E-state index in [0.29, 0.717) is 0 Å². The zero-order chi connectivity index (χ0) is 13.9. The number of hydrogen-bond donors (Lipinski definition) is 1. The molecule has 0 aromatic carbocycles. The molecule has 0 bridgehead atoms. The lowest BCUT2D eigenvalue weighted by Gasteiger charge is -2.41. The van der Waals surface area contributed by atoms with Gasteiger partial charge < -0.3 is 19.7 Å². The van der Waals surface area contributed by atoms with Gasteiger partial charge in [0.2, 0.25) is 0 Å². The van der Waals surface area contributed by atoms with Crippen LogP contribution in [0.3, 0.4) is 0 Å². The highest BCUT2D eigenvalue weighted by atomic mass is 16.6. The Kier molecular flexibility index (Phi) is 4.36. The average molecular weight is 270 g/mol. The van der Waals surface area contributed by atoms with Gasteiger partial charge in [-0.05, 0) is 46.6 Å². The second-order valence-corrected chi connectivity index (χ2v) is 6.58. The Balaban J connectivity index is 1.86. The number of rotatable bonds is 0. The van der Waals surface area contributed by atoms with Crippen molar-refractivity contribution in [3.8, 4) is 0 Å². The number of amides is 1. The third-order valence-electron chi connectivity index (χ3n) is 3.72. The van der Waals surface area contributed by atoms with Crippen LogP contribution < -0.4 is 5.32 Å². The molecule has 0 saturated carbocycles. The largest absolute Gasteiger partial charge is 0.444 e. The SMILES string of the molecule is CC(C)(C)OC(=O)N1CCC2(CC1)COCCCN2. The van der Waals surface area contributed by atoms with Crippen LogP contribution in [0.5, 0.6) is 0 Å². The monoisotopic (exact) mass is 270 g/mol. The van der Waals surface area contributed by atoms with Gasteiger partial charge in [0.25, 0.3) is 0 Å². The zero-order valence-electron chi connectivity index (χ0n) is 12.3. The number of piperidine rings is 1. The van der Waals surface area contributed by atoms with Crippen molar-refractivity contribution in [2.45, 2.75) is 51.2 Å². The summed E-state index contributed by atoms with van der Waals surface area (Å²) in [6.07, 6.45) is 2.74. The summed E-state index contributed by atoms with van der Waals surface area (Å²) in [4.78, 5) is 13.8. The van der Waals surface area contributed by atoms with Crippen molar-refractivity contribution in [1.82, 2.24) is 10.2 Å². The summed E-state index contributed by atoms with van der Waals surface area (Å²) in [6.45, 7) is 9.79. The highest BCUT2D eigenvalue weighted by Gasteiger charge is 2.37. The second-order valence-electron chi connectivity index (χ2n) is 6.58. The topological polar surface area (TPSA) is 50.8 Å². The lowest BCUT2D eigenvalue weighted by molar-refractivity contribution is 0.00586. The van der Waals surface area contributed by atoms with Crippen molar-refractivity contribution in [2.75, 3.05) is 32.8 Å². The summed E-state index contributed by atoms with van der Waals surface area (Å²) in [6, 6.07) is 0. The molecule has 1 spiro atoms. The molecule has 0 unspecified atom stereocenters. The lowest BCUT2D eigenvalue weighted by atomic mass is 9.88. The predicted octanol–water partition coefficient (Wildman–Crippen LogP) is 1.77. The first-order valence-corrected chi connectivity index (χ1v) is 7.21. The molecule has 2 aliphatic heterocycles. The minimum absolute atomic E-state index is 0.0645. The molecule has 2 rings (SSSR count). The Morgan fingerprint density at radius 2 is 2.00 bits per heavy atom. The summed E-state index contributed by atoms with van der Waals surface area (Å²) in [7, 11) is 0. The number of ether oxygens (including phenoxy) is 2. The smallest absolute Gasteiger partial charge is 0.410 e. The molecular weight excluding hydrogens is 244 g/mol. The van der Waals surface area contributed by atoms with Crippen molar-refractivity contribution >= 4 is 6.09 Å². The normalized spacial score (nSPS) is 24.1. The van der Waals surface area contributed by atoms with Gasteiger partial charge in [0.05, 0.1) is 6.61 Å². The Labute approximate surface area is 115 Å². The Hall–Kier alpha value is -0.810. The summed E-state index contributed by atoms with van der Waals surface area (Å²) in [5.41, 5.74) is -0.356. The van der Waals surface area contributed by atoms with E-state index in [-0.39, 0.29) is 11.6 Å². The highest BCUT2D eigenvalue weighted by molar-refractivity contribution is 5.68. The van der Waals surface area contributed by atoms with Crippen molar-refractivity contribution in [3.63, 3.8) is 0 Å². The molecule has 19 heavy (non-hydrogen) atoms. The van der Waals surface area contributed by atoms with Gasteiger partial charge in [0.1, 0.15) is 5.60 Å². The number of nitrogens with zero attached hydrogens (tertiary/aromatic N) is 1. The number of hydrogen-bond acceptors (Lipinski definition) is 4. The lowest BCUT2D eigenvalue weighted by Crippen LogP contribution is -2.56. The first kappa shape index (κ1) is 14.6. The fourth-order valence-electron chi connectivity index (χ4n) is 2.61. The fourth-order valence-corrected chi connectivity index (χ4v) is 2.61. The maximum atomic E-state index is 12.0. The van der Waals surface area contributed by atoms with Gasteiger partial charge in [-0.2, -0.15) is 0 Å². The molecule has 0 aromatic rings. The molecule has 2 fully saturated rings. The summed E-state index contributed by atoms with van der Waals surface area (Å²) >= 11 is 0. The summed E-state index contributed by atoms with van der Waals surface area (Å²) < 4.78 is 11.1. The molecule has 0 atom stereocenters. The van der Waals surface area contributed by atoms with Crippen LogP contribution in [0.15, 0.2) is 0 Å². The molecule has 0 aromatic heterocycles. The van der Waals surface area contributed by atoms with Gasteiger partial charge in [-0.25, -0.2) is 4.79 Å². The van der Waals surface area contributed by atoms with E-state index < -0.39 is 5.60 Å². The molecule has 5 heteroatoms. The molecule has 5 nitrogen and oxygen atoms in total. The van der Waals surface area contributed by atoms with Crippen molar-refractivity contribution in [1.29, 1.82) is 0 Å². The van der Waals surface area contributed by atoms with Gasteiger partial charge >= 0.3 is 6.09 Å². The van der Waals surface area contributed by atoms with E-state index in [9.17, 15) is 4.79 Å². The second kappa shape index (κ2) is 5.67. The van der Waals surface area contributed by atoms with Gasteiger partial charge in [-0.15, -0.1) is 0 Å². The third-order valence-corrected chi connectivity index (χ3v) is 3.72. The van der Waals surface area contributed by atoms with Crippen LogP contribution in [0.25, 0.3) is 0 Å². The van der Waals surface area contributed by atoms with Crippen LogP contribution in [-0.2, 0) is 9.47 Å². The van der Waals surface area contributed by atoms with E-state index in [0.717, 1.165) is 52.1 Å². The molecule has 0 radical (unpaired) electrons. The highest BCUT2D eigenvalue weighted by Crippen LogP contribution is 2.25. The van der Waals surface area contributed by atoms with Crippen molar-refractivity contribution in [3.05, 3.63) is 0 Å². The fraction of sp³-hybridized carbons (Fsp3) is 0.929.